The van der Waals surface area contributed by atoms with Gasteiger partial charge in [-0.3, -0.25) is 0 Å². The van der Waals surface area contributed by atoms with E-state index >= 15 is 0 Å². The Hall–Kier alpha value is -2.12. The van der Waals surface area contributed by atoms with Crippen molar-refractivity contribution >= 4 is 17.4 Å². The van der Waals surface area contributed by atoms with Gasteiger partial charge >= 0.3 is 0 Å². The highest BCUT2D eigenvalue weighted by Gasteiger charge is 2.94. The number of rotatable bonds is 1. The number of fused-ring (bicyclic) bond motifs is 2. The zero-order chi connectivity index (χ0) is 16.5. The summed E-state index contributed by atoms with van der Waals surface area (Å²) in [6.07, 6.45) is -0.224. The van der Waals surface area contributed by atoms with Crippen LogP contribution in [0.4, 0.5) is 0 Å². The van der Waals surface area contributed by atoms with Crippen LogP contribution in [-0.4, -0.2) is 24.5 Å². The van der Waals surface area contributed by atoms with Gasteiger partial charge in [0.15, 0.2) is 5.41 Å². The van der Waals surface area contributed by atoms with Crippen LogP contribution < -0.4 is 5.73 Å². The molecule has 2 N–H and O–H groups in total. The summed E-state index contributed by atoms with van der Waals surface area (Å²) < 4.78 is 11.6. The molecule has 2 aliphatic heterocycles. The molecule has 0 unspecified atom stereocenters. The average molecular weight is 329 g/mol. The third-order valence-electron chi connectivity index (χ3n) is 5.01. The summed E-state index contributed by atoms with van der Waals surface area (Å²) in [5.74, 6) is -1.88. The lowest BCUT2D eigenvalue weighted by atomic mass is 9.94. The molecule has 0 aromatic heterocycles. The Bertz CT molecular complexity index is 811. The summed E-state index contributed by atoms with van der Waals surface area (Å²) in [4.78, 5) is 4.26. The standard InChI is InChI=1S/C16H13ClN4O2/c1-9-6-22-16(23-9)15(8-19)12(10-2-4-11(17)5-3-10)14(15,7-18)13(20)21-16/h2-5,9,12H,6H2,1H3,(H2,20,21)/t9-,12+,14+,15+,16+/m0/s1. The monoisotopic (exact) mass is 328 g/mol. The number of hydrogen-bond donors (Lipinski definition) is 1. The minimum atomic E-state index is -1.51. The molecule has 6 nitrogen and oxygen atoms in total. The maximum atomic E-state index is 9.96. The van der Waals surface area contributed by atoms with Crippen molar-refractivity contribution in [2.24, 2.45) is 21.6 Å². The van der Waals surface area contributed by atoms with Gasteiger partial charge in [0.25, 0.3) is 5.91 Å². The van der Waals surface area contributed by atoms with Gasteiger partial charge in [-0.15, -0.1) is 0 Å². The second-order valence-electron chi connectivity index (χ2n) is 6.14. The fourth-order valence-electron chi connectivity index (χ4n) is 4.02. The van der Waals surface area contributed by atoms with E-state index in [2.05, 4.69) is 17.1 Å². The van der Waals surface area contributed by atoms with E-state index in [0.29, 0.717) is 11.6 Å². The number of benzene rings is 1. The maximum absolute atomic E-state index is 9.96. The smallest absolute Gasteiger partial charge is 0.293 e. The predicted molar refractivity (Wildman–Crippen MR) is 81.1 cm³/mol. The van der Waals surface area contributed by atoms with Gasteiger partial charge in [0.2, 0.25) is 0 Å². The van der Waals surface area contributed by atoms with E-state index in [1.807, 2.05) is 6.92 Å². The Morgan fingerprint density at radius 2 is 2.00 bits per heavy atom. The molecule has 1 aromatic rings. The van der Waals surface area contributed by atoms with Crippen molar-refractivity contribution in [3.05, 3.63) is 34.9 Å². The lowest BCUT2D eigenvalue weighted by Gasteiger charge is -2.26. The lowest BCUT2D eigenvalue weighted by Crippen LogP contribution is -2.39. The molecule has 7 heteroatoms. The molecule has 1 spiro atoms. The van der Waals surface area contributed by atoms with Crippen molar-refractivity contribution in [1.29, 1.82) is 10.5 Å². The second-order valence-corrected chi connectivity index (χ2v) is 6.58. The van der Waals surface area contributed by atoms with Gasteiger partial charge in [-0.25, -0.2) is 4.99 Å². The first-order valence-electron chi connectivity index (χ1n) is 7.23. The van der Waals surface area contributed by atoms with Gasteiger partial charge in [0.05, 0.1) is 24.8 Å². The molecule has 2 fully saturated rings. The predicted octanol–water partition coefficient (Wildman–Crippen LogP) is 1.92. The van der Waals surface area contributed by atoms with Gasteiger partial charge in [-0.1, -0.05) is 23.7 Å². The van der Waals surface area contributed by atoms with E-state index in [0.717, 1.165) is 5.56 Å². The molecule has 1 aromatic carbocycles. The topological polar surface area (TPSA) is 104 Å². The van der Waals surface area contributed by atoms with Crippen LogP contribution in [0.25, 0.3) is 0 Å². The van der Waals surface area contributed by atoms with E-state index in [-0.39, 0.29) is 11.9 Å². The van der Waals surface area contributed by atoms with Crippen LogP contribution in [-0.2, 0) is 9.47 Å². The Morgan fingerprint density at radius 3 is 2.52 bits per heavy atom. The molecule has 0 amide bonds. The third-order valence-corrected chi connectivity index (χ3v) is 5.26. The van der Waals surface area contributed by atoms with Gasteiger partial charge in [0, 0.05) is 10.9 Å². The second kappa shape index (κ2) is 4.24. The van der Waals surface area contributed by atoms with Crippen LogP contribution in [0.3, 0.4) is 0 Å². The zero-order valence-corrected chi connectivity index (χ0v) is 13.0. The Morgan fingerprint density at radius 1 is 1.30 bits per heavy atom. The maximum Gasteiger partial charge on any atom is 0.293 e. The van der Waals surface area contributed by atoms with Crippen molar-refractivity contribution in [3.8, 4) is 12.1 Å². The van der Waals surface area contributed by atoms with E-state index in [4.69, 9.17) is 26.8 Å². The zero-order valence-electron chi connectivity index (χ0n) is 12.3. The summed E-state index contributed by atoms with van der Waals surface area (Å²) >= 11 is 5.94. The van der Waals surface area contributed by atoms with Crippen molar-refractivity contribution in [1.82, 2.24) is 0 Å². The summed E-state index contributed by atoms with van der Waals surface area (Å²) in [5.41, 5.74) is 4.35. The molecule has 1 saturated carbocycles. The largest absolute Gasteiger partial charge is 0.386 e. The number of aliphatic imine (C=N–C) groups is 1. The summed E-state index contributed by atoms with van der Waals surface area (Å²) in [5, 5.41) is 20.4. The molecular formula is C16H13ClN4O2. The number of hydrogen-bond acceptors (Lipinski definition) is 6. The fourth-order valence-corrected chi connectivity index (χ4v) is 4.14. The van der Waals surface area contributed by atoms with Crippen molar-refractivity contribution < 1.29 is 9.47 Å². The lowest BCUT2D eigenvalue weighted by molar-refractivity contribution is -0.193. The molecule has 0 radical (unpaired) electrons. The van der Waals surface area contributed by atoms with Gasteiger partial charge in [-0.2, -0.15) is 10.5 Å². The van der Waals surface area contributed by atoms with E-state index in [9.17, 15) is 10.5 Å². The van der Waals surface area contributed by atoms with Gasteiger partial charge in [0.1, 0.15) is 11.3 Å². The normalized spacial score (nSPS) is 43.6. The number of nitrogens with zero attached hydrogens (tertiary/aromatic N) is 3. The van der Waals surface area contributed by atoms with Crippen LogP contribution in [0.15, 0.2) is 29.3 Å². The molecule has 4 rings (SSSR count). The first-order chi connectivity index (χ1) is 11.0. The van der Waals surface area contributed by atoms with E-state index < -0.39 is 22.7 Å². The Balaban J connectivity index is 1.91. The highest BCUT2D eigenvalue weighted by molar-refractivity contribution is 6.30. The average Bonchev–Trinajstić information content (AvgIpc) is 2.92. The number of halogens is 1. The van der Waals surface area contributed by atoms with Crippen LogP contribution in [0.2, 0.25) is 5.02 Å². The minimum Gasteiger partial charge on any atom is -0.386 e. The molecule has 2 heterocycles. The number of ether oxygens (including phenoxy) is 2. The Labute approximate surface area is 138 Å². The molecule has 5 atom stereocenters. The minimum absolute atomic E-state index is 0.0931. The van der Waals surface area contributed by atoms with E-state index in [1.165, 1.54) is 0 Å². The molecular weight excluding hydrogens is 316 g/mol. The number of nitriles is 2. The van der Waals surface area contributed by atoms with E-state index in [1.54, 1.807) is 24.3 Å². The van der Waals surface area contributed by atoms with Crippen molar-refractivity contribution in [2.75, 3.05) is 6.61 Å². The van der Waals surface area contributed by atoms with Crippen LogP contribution in [0.5, 0.6) is 0 Å². The van der Waals surface area contributed by atoms with Crippen molar-refractivity contribution in [3.63, 3.8) is 0 Å². The van der Waals surface area contributed by atoms with Crippen LogP contribution >= 0.6 is 11.6 Å². The summed E-state index contributed by atoms with van der Waals surface area (Å²) in [7, 11) is 0. The first kappa shape index (κ1) is 14.5. The summed E-state index contributed by atoms with van der Waals surface area (Å²) in [6.45, 7) is 2.13. The molecule has 116 valence electrons. The first-order valence-corrected chi connectivity index (χ1v) is 7.61. The third kappa shape index (κ3) is 1.38. The van der Waals surface area contributed by atoms with Crippen molar-refractivity contribution in [2.45, 2.75) is 24.9 Å². The molecule has 1 saturated heterocycles. The molecule has 3 aliphatic rings. The number of amidine groups is 1. The Kier molecular flexibility index (Phi) is 2.67. The molecule has 23 heavy (non-hydrogen) atoms. The summed E-state index contributed by atoms with van der Waals surface area (Å²) in [6, 6.07) is 11.5. The fraction of sp³-hybridized carbons (Fsp3) is 0.438. The van der Waals surface area contributed by atoms with Crippen LogP contribution in [0.1, 0.15) is 18.4 Å². The quantitative estimate of drug-likeness (QED) is 0.848. The highest BCUT2D eigenvalue weighted by Crippen LogP contribution is 2.82. The number of nitrogens with two attached hydrogens (primary N) is 1. The SMILES string of the molecule is C[C@H]1CO[C@@]2(N=C(N)[C@@]3(C#N)[C@@H](c4ccc(Cl)cc4)[C@@]23C#N)O1. The molecule has 1 aliphatic carbocycles. The highest BCUT2D eigenvalue weighted by atomic mass is 35.5. The van der Waals surface area contributed by atoms with Gasteiger partial charge in [-0.05, 0) is 24.6 Å². The van der Waals surface area contributed by atoms with Crippen LogP contribution in [0, 0.1) is 33.5 Å². The van der Waals surface area contributed by atoms with Gasteiger partial charge < -0.3 is 15.2 Å². The molecule has 0 bridgehead atoms.